The minimum absolute atomic E-state index is 0. The Morgan fingerprint density at radius 3 is 1.76 bits per heavy atom. The minimum atomic E-state index is -3.95. The second-order valence-electron chi connectivity index (χ2n) is 5.08. The van der Waals surface area contributed by atoms with Gasteiger partial charge in [0.05, 0.1) is 12.6 Å². The zero-order valence-electron chi connectivity index (χ0n) is 13.4. The fourth-order valence-corrected chi connectivity index (χ4v) is 2.71. The standard InChI is InChI=1S/C14H28O5S.Na/c1-2-3-4-5-6-7-8-9-10-11-12-19-20(17,18)13-14(15)16;/h2-13H2,1H3,(H,15,16);/q;+1/p-1. The molecular formula is C14H27NaO5S. The quantitative estimate of drug-likeness (QED) is 0.232. The summed E-state index contributed by atoms with van der Waals surface area (Å²) in [5.41, 5.74) is 0. The minimum Gasteiger partial charge on any atom is -0.549 e. The van der Waals surface area contributed by atoms with Crippen LogP contribution in [0.4, 0.5) is 0 Å². The molecular weight excluding hydrogens is 303 g/mol. The molecule has 0 aromatic heterocycles. The van der Waals surface area contributed by atoms with Crippen molar-refractivity contribution in [3.63, 3.8) is 0 Å². The zero-order chi connectivity index (χ0) is 15.3. The van der Waals surface area contributed by atoms with Gasteiger partial charge in [-0.15, -0.1) is 0 Å². The van der Waals surface area contributed by atoms with E-state index in [1.807, 2.05) is 0 Å². The normalized spacial score (nSPS) is 11.1. The summed E-state index contributed by atoms with van der Waals surface area (Å²) in [6.45, 7) is 2.27. The number of carboxylic acid groups (broad SMARTS) is 1. The van der Waals surface area contributed by atoms with E-state index >= 15 is 0 Å². The average molecular weight is 330 g/mol. The van der Waals surface area contributed by atoms with Gasteiger partial charge in [0.1, 0.15) is 5.75 Å². The number of hydrogen-bond donors (Lipinski definition) is 0. The summed E-state index contributed by atoms with van der Waals surface area (Å²) in [7, 11) is -3.95. The van der Waals surface area contributed by atoms with Crippen molar-refractivity contribution in [2.45, 2.75) is 71.1 Å². The SMILES string of the molecule is CCCCCCCCCCCCOS(=O)(=O)CC(=O)[O-].[Na+]. The van der Waals surface area contributed by atoms with Gasteiger partial charge in [0.2, 0.25) is 0 Å². The van der Waals surface area contributed by atoms with Crippen molar-refractivity contribution >= 4 is 16.1 Å². The number of aliphatic carboxylic acids is 1. The predicted octanol–water partition coefficient (Wildman–Crippen LogP) is -0.992. The zero-order valence-corrected chi connectivity index (χ0v) is 16.3. The maximum atomic E-state index is 11.1. The molecule has 0 aliphatic carbocycles. The molecule has 0 atom stereocenters. The first-order valence-corrected chi connectivity index (χ1v) is 9.12. The van der Waals surface area contributed by atoms with Crippen molar-refractivity contribution in [3.8, 4) is 0 Å². The van der Waals surface area contributed by atoms with Crippen LogP contribution in [-0.4, -0.2) is 26.7 Å². The fourth-order valence-electron chi connectivity index (χ4n) is 1.96. The molecule has 0 saturated carbocycles. The van der Waals surface area contributed by atoms with Crippen LogP contribution in [-0.2, 0) is 19.1 Å². The Kier molecular flexibility index (Phi) is 17.2. The number of carbonyl (C=O) groups is 1. The molecule has 0 aliphatic rings. The molecule has 0 N–H and O–H groups in total. The van der Waals surface area contributed by atoms with Gasteiger partial charge in [-0.1, -0.05) is 64.7 Å². The molecule has 0 fully saturated rings. The van der Waals surface area contributed by atoms with E-state index in [2.05, 4.69) is 11.1 Å². The third-order valence-corrected chi connectivity index (χ3v) is 4.17. The van der Waals surface area contributed by atoms with Gasteiger partial charge in [-0.25, -0.2) is 0 Å². The molecule has 0 heterocycles. The van der Waals surface area contributed by atoms with Gasteiger partial charge in [0, 0.05) is 0 Å². The number of carbonyl (C=O) groups excluding carboxylic acids is 1. The van der Waals surface area contributed by atoms with E-state index in [0.717, 1.165) is 19.3 Å². The van der Waals surface area contributed by atoms with Crippen LogP contribution in [0.3, 0.4) is 0 Å². The largest absolute Gasteiger partial charge is 1.00 e. The Morgan fingerprint density at radius 2 is 1.33 bits per heavy atom. The molecule has 0 aromatic carbocycles. The third-order valence-electron chi connectivity index (χ3n) is 3.06. The smallest absolute Gasteiger partial charge is 0.549 e. The second kappa shape index (κ2) is 15.3. The van der Waals surface area contributed by atoms with Gasteiger partial charge in [-0.3, -0.25) is 4.18 Å². The topological polar surface area (TPSA) is 83.5 Å². The van der Waals surface area contributed by atoms with E-state index in [0.29, 0.717) is 6.42 Å². The average Bonchev–Trinajstić information content (AvgIpc) is 2.34. The van der Waals surface area contributed by atoms with E-state index in [1.165, 1.54) is 38.5 Å². The van der Waals surface area contributed by atoms with E-state index in [1.54, 1.807) is 0 Å². The van der Waals surface area contributed by atoms with Crippen LogP contribution in [0.5, 0.6) is 0 Å². The van der Waals surface area contributed by atoms with Gasteiger partial charge >= 0.3 is 29.6 Å². The molecule has 0 rings (SSSR count). The molecule has 0 radical (unpaired) electrons. The maximum Gasteiger partial charge on any atom is 1.00 e. The summed E-state index contributed by atoms with van der Waals surface area (Å²) in [4.78, 5) is 10.1. The first kappa shape index (κ1) is 23.6. The molecule has 0 amide bonds. The van der Waals surface area contributed by atoms with Crippen molar-refractivity contribution in [2.75, 3.05) is 12.4 Å². The summed E-state index contributed by atoms with van der Waals surface area (Å²) in [5.74, 6) is -2.70. The van der Waals surface area contributed by atoms with Crippen molar-refractivity contribution in [3.05, 3.63) is 0 Å². The van der Waals surface area contributed by atoms with Crippen LogP contribution < -0.4 is 34.7 Å². The van der Waals surface area contributed by atoms with Crippen LogP contribution in [0.25, 0.3) is 0 Å². The molecule has 0 spiro atoms. The van der Waals surface area contributed by atoms with Gasteiger partial charge in [-0.05, 0) is 6.42 Å². The molecule has 120 valence electrons. The van der Waals surface area contributed by atoms with E-state index in [9.17, 15) is 18.3 Å². The van der Waals surface area contributed by atoms with Crippen molar-refractivity contribution in [1.29, 1.82) is 0 Å². The monoisotopic (exact) mass is 330 g/mol. The van der Waals surface area contributed by atoms with E-state index in [4.69, 9.17) is 0 Å². The van der Waals surface area contributed by atoms with E-state index in [-0.39, 0.29) is 36.2 Å². The van der Waals surface area contributed by atoms with Gasteiger partial charge in [0.25, 0.3) is 10.1 Å². The van der Waals surface area contributed by atoms with Crippen molar-refractivity contribution in [2.24, 2.45) is 0 Å². The number of hydrogen-bond acceptors (Lipinski definition) is 5. The van der Waals surface area contributed by atoms with Crippen LogP contribution >= 0.6 is 0 Å². The Labute approximate surface area is 151 Å². The maximum absolute atomic E-state index is 11.1. The second-order valence-corrected chi connectivity index (χ2v) is 6.72. The molecule has 0 saturated heterocycles. The molecule has 7 heteroatoms. The summed E-state index contributed by atoms with van der Waals surface area (Å²) >= 11 is 0. The Balaban J connectivity index is 0. The van der Waals surface area contributed by atoms with Crippen LogP contribution in [0.1, 0.15) is 71.1 Å². The van der Waals surface area contributed by atoms with Gasteiger partial charge in [-0.2, -0.15) is 8.42 Å². The van der Waals surface area contributed by atoms with Gasteiger partial charge < -0.3 is 9.90 Å². The summed E-state index contributed by atoms with van der Waals surface area (Å²) in [6, 6.07) is 0. The Morgan fingerprint density at radius 1 is 0.905 bits per heavy atom. The molecule has 21 heavy (non-hydrogen) atoms. The van der Waals surface area contributed by atoms with Crippen molar-refractivity contribution < 1.29 is 52.1 Å². The predicted molar refractivity (Wildman–Crippen MR) is 76.6 cm³/mol. The number of unbranched alkanes of at least 4 members (excludes halogenated alkanes) is 9. The summed E-state index contributed by atoms with van der Waals surface area (Å²) in [6.07, 6.45) is 11.5. The molecule has 0 aromatic rings. The first-order valence-electron chi connectivity index (χ1n) is 7.55. The summed E-state index contributed by atoms with van der Waals surface area (Å²) < 4.78 is 26.7. The number of carboxylic acids is 1. The molecule has 0 unspecified atom stereocenters. The Bertz CT molecular complexity index is 343. The van der Waals surface area contributed by atoms with Crippen LogP contribution in [0.15, 0.2) is 0 Å². The third kappa shape index (κ3) is 18.3. The van der Waals surface area contributed by atoms with E-state index < -0.39 is 21.8 Å². The Hall–Kier alpha value is 0.380. The summed E-state index contributed by atoms with van der Waals surface area (Å²) in [5, 5.41) is 10.1. The van der Waals surface area contributed by atoms with Crippen LogP contribution in [0.2, 0.25) is 0 Å². The first-order chi connectivity index (χ1) is 9.48. The number of rotatable bonds is 14. The molecule has 0 aliphatic heterocycles. The molecule has 0 bridgehead atoms. The molecule has 5 nitrogen and oxygen atoms in total. The van der Waals surface area contributed by atoms with Crippen molar-refractivity contribution in [1.82, 2.24) is 0 Å². The fraction of sp³-hybridized carbons (Fsp3) is 0.929. The van der Waals surface area contributed by atoms with Crippen LogP contribution in [0, 0.1) is 0 Å². The van der Waals surface area contributed by atoms with Gasteiger partial charge in [0.15, 0.2) is 0 Å².